The molecule has 0 fully saturated rings. The molecule has 1 aromatic rings. The number of nitrogens with two attached hydrogens (primary N) is 1. The number of hydrogen-bond acceptors (Lipinski definition) is 3. The van der Waals surface area contributed by atoms with Crippen LogP contribution < -0.4 is 11.0 Å². The smallest absolute Gasteiger partial charge is 0.231 e. The normalized spacial score (nSPS) is 14.9. The molecule has 0 saturated heterocycles. The van der Waals surface area contributed by atoms with Gasteiger partial charge in [-0.2, -0.15) is 0 Å². The van der Waals surface area contributed by atoms with Crippen LogP contribution in [0.25, 0.3) is 0 Å². The van der Waals surface area contributed by atoms with Gasteiger partial charge in [-0.1, -0.05) is 19.1 Å². The van der Waals surface area contributed by atoms with Crippen molar-refractivity contribution in [2.24, 2.45) is 5.73 Å². The molecule has 3 nitrogen and oxygen atoms in total. The van der Waals surface area contributed by atoms with E-state index in [2.05, 4.69) is 0 Å². The zero-order valence-corrected chi connectivity index (χ0v) is 10.2. The summed E-state index contributed by atoms with van der Waals surface area (Å²) < 4.78 is 17.7. The molecule has 4 heteroatoms. The summed E-state index contributed by atoms with van der Waals surface area (Å²) in [6.07, 6.45) is 0.531. The molecule has 1 rings (SSSR count). The first-order valence-corrected chi connectivity index (χ1v) is 7.00. The Labute approximate surface area is 91.1 Å². The van der Waals surface area contributed by atoms with E-state index in [1.54, 1.807) is 0 Å². The molecule has 0 aliphatic carbocycles. The van der Waals surface area contributed by atoms with E-state index < -0.39 is 7.37 Å². The fourth-order valence-electron chi connectivity index (χ4n) is 1.42. The third kappa shape index (κ3) is 2.91. The van der Waals surface area contributed by atoms with E-state index >= 15 is 0 Å². The number of rotatable bonds is 5. The molecular weight excluding hydrogens is 209 g/mol. The van der Waals surface area contributed by atoms with Crippen molar-refractivity contribution in [2.75, 3.05) is 12.8 Å². The molecule has 0 aliphatic rings. The lowest BCUT2D eigenvalue weighted by Gasteiger charge is -2.16. The summed E-state index contributed by atoms with van der Waals surface area (Å²) >= 11 is 0. The summed E-state index contributed by atoms with van der Waals surface area (Å²) in [5.41, 5.74) is 6.54. The van der Waals surface area contributed by atoms with Crippen molar-refractivity contribution in [1.29, 1.82) is 0 Å². The van der Waals surface area contributed by atoms with Crippen LogP contribution in [0.3, 0.4) is 0 Å². The summed E-state index contributed by atoms with van der Waals surface area (Å²) in [5, 5.41) is 0.782. The van der Waals surface area contributed by atoms with Crippen LogP contribution in [0.2, 0.25) is 0 Å². The zero-order chi connectivity index (χ0) is 11.3. The molecule has 2 N–H and O–H groups in total. The maximum absolute atomic E-state index is 12.3. The minimum atomic E-state index is -2.62. The summed E-state index contributed by atoms with van der Waals surface area (Å²) in [5.74, 6) is 0. The summed E-state index contributed by atoms with van der Waals surface area (Å²) in [6.45, 7) is 4.72. The Bertz CT molecular complexity index is 348. The van der Waals surface area contributed by atoms with E-state index in [-0.39, 0.29) is 0 Å². The Morgan fingerprint density at radius 1 is 1.27 bits per heavy atom. The van der Waals surface area contributed by atoms with Gasteiger partial charge in [0.25, 0.3) is 0 Å². The van der Waals surface area contributed by atoms with Crippen LogP contribution in [0.4, 0.5) is 0 Å². The second-order valence-electron chi connectivity index (χ2n) is 3.28. The first-order chi connectivity index (χ1) is 7.16. The predicted molar refractivity (Wildman–Crippen MR) is 63.7 cm³/mol. The maximum atomic E-state index is 12.3. The average molecular weight is 227 g/mol. The fourth-order valence-corrected chi connectivity index (χ4v) is 3.13. The van der Waals surface area contributed by atoms with Gasteiger partial charge in [-0.25, -0.2) is 0 Å². The molecule has 0 amide bonds. The van der Waals surface area contributed by atoms with E-state index in [9.17, 15) is 4.57 Å². The molecule has 0 bridgehead atoms. The molecule has 0 saturated carbocycles. The second kappa shape index (κ2) is 5.45. The second-order valence-corrected chi connectivity index (χ2v) is 6.03. The van der Waals surface area contributed by atoms with Gasteiger partial charge in [-0.05, 0) is 24.6 Å². The van der Waals surface area contributed by atoms with Gasteiger partial charge in [0, 0.05) is 18.0 Å². The lowest BCUT2D eigenvalue weighted by Crippen LogP contribution is -2.10. The quantitative estimate of drug-likeness (QED) is 0.784. The van der Waals surface area contributed by atoms with Gasteiger partial charge < -0.3 is 10.3 Å². The largest absolute Gasteiger partial charge is 0.326 e. The maximum Gasteiger partial charge on any atom is 0.231 e. The topological polar surface area (TPSA) is 52.3 Å². The molecule has 0 spiro atoms. The van der Waals surface area contributed by atoms with Crippen LogP contribution in [0.1, 0.15) is 19.4 Å². The van der Waals surface area contributed by atoms with Gasteiger partial charge in [-0.3, -0.25) is 4.57 Å². The van der Waals surface area contributed by atoms with Gasteiger partial charge >= 0.3 is 0 Å². The molecule has 1 atom stereocenters. The van der Waals surface area contributed by atoms with Crippen molar-refractivity contribution in [2.45, 2.75) is 20.4 Å². The molecule has 0 heterocycles. The van der Waals surface area contributed by atoms with E-state index in [4.69, 9.17) is 10.3 Å². The summed E-state index contributed by atoms with van der Waals surface area (Å²) in [6, 6.07) is 7.50. The van der Waals surface area contributed by atoms with E-state index in [0.29, 0.717) is 19.3 Å². The third-order valence-electron chi connectivity index (χ3n) is 2.32. The molecule has 1 aromatic carbocycles. The van der Waals surface area contributed by atoms with Crippen LogP contribution in [-0.2, 0) is 15.6 Å². The van der Waals surface area contributed by atoms with E-state index in [0.717, 1.165) is 10.9 Å². The lowest BCUT2D eigenvalue weighted by molar-refractivity contribution is 0.341. The number of hydrogen-bond donors (Lipinski definition) is 1. The first kappa shape index (κ1) is 12.4. The molecule has 0 aromatic heterocycles. The van der Waals surface area contributed by atoms with Crippen molar-refractivity contribution in [3.8, 4) is 0 Å². The third-order valence-corrected chi connectivity index (χ3v) is 4.91. The van der Waals surface area contributed by atoms with Crippen LogP contribution >= 0.6 is 7.37 Å². The van der Waals surface area contributed by atoms with Gasteiger partial charge in [0.05, 0.1) is 6.61 Å². The zero-order valence-electron chi connectivity index (χ0n) is 9.27. The van der Waals surface area contributed by atoms with E-state index in [1.807, 2.05) is 38.1 Å². The van der Waals surface area contributed by atoms with Crippen molar-refractivity contribution in [3.05, 3.63) is 29.8 Å². The van der Waals surface area contributed by atoms with Crippen LogP contribution in [0, 0.1) is 0 Å². The minimum absolute atomic E-state index is 0.476. The van der Waals surface area contributed by atoms with Gasteiger partial charge in [0.1, 0.15) is 0 Å². The highest BCUT2D eigenvalue weighted by atomic mass is 31.2. The van der Waals surface area contributed by atoms with Crippen LogP contribution in [0.15, 0.2) is 24.3 Å². The Morgan fingerprint density at radius 3 is 2.27 bits per heavy atom. The molecule has 84 valence electrons. The van der Waals surface area contributed by atoms with Crippen molar-refractivity contribution in [3.63, 3.8) is 0 Å². The van der Waals surface area contributed by atoms with Crippen molar-refractivity contribution >= 4 is 12.7 Å². The monoisotopic (exact) mass is 227 g/mol. The molecule has 1 unspecified atom stereocenters. The number of benzene rings is 1. The lowest BCUT2D eigenvalue weighted by atomic mass is 10.2. The van der Waals surface area contributed by atoms with Gasteiger partial charge in [0.15, 0.2) is 0 Å². The van der Waals surface area contributed by atoms with E-state index in [1.165, 1.54) is 0 Å². The standard InChI is InChI=1S/C11H18NO2P/c1-3-14-15(13,4-2)11-7-5-10(9-12)6-8-11/h5-8H,3-4,9,12H2,1-2H3. The Hall–Kier alpha value is -0.630. The fraction of sp³-hybridized carbons (Fsp3) is 0.455. The SMILES string of the molecule is CCOP(=O)(CC)c1ccc(CN)cc1. The predicted octanol–water partition coefficient (Wildman–Crippen LogP) is 2.11. The summed E-state index contributed by atoms with van der Waals surface area (Å²) in [7, 11) is -2.62. The van der Waals surface area contributed by atoms with Crippen molar-refractivity contribution < 1.29 is 9.09 Å². The average Bonchev–Trinajstić information content (AvgIpc) is 2.29. The highest BCUT2D eigenvalue weighted by molar-refractivity contribution is 7.66. The summed E-state index contributed by atoms with van der Waals surface area (Å²) in [4.78, 5) is 0. The Balaban J connectivity index is 2.97. The highest BCUT2D eigenvalue weighted by Gasteiger charge is 2.22. The molecule has 15 heavy (non-hydrogen) atoms. The first-order valence-electron chi connectivity index (χ1n) is 5.19. The van der Waals surface area contributed by atoms with Gasteiger partial charge in [-0.15, -0.1) is 0 Å². The molecule has 0 radical (unpaired) electrons. The molecule has 0 aliphatic heterocycles. The van der Waals surface area contributed by atoms with Crippen LogP contribution in [-0.4, -0.2) is 12.8 Å². The van der Waals surface area contributed by atoms with Crippen LogP contribution in [0.5, 0.6) is 0 Å². The highest BCUT2D eigenvalue weighted by Crippen LogP contribution is 2.44. The Morgan fingerprint density at radius 2 is 1.87 bits per heavy atom. The Kier molecular flexibility index (Phi) is 4.52. The van der Waals surface area contributed by atoms with Gasteiger partial charge in [0.2, 0.25) is 7.37 Å². The molecular formula is C11H18NO2P. The van der Waals surface area contributed by atoms with Crippen molar-refractivity contribution in [1.82, 2.24) is 0 Å². The minimum Gasteiger partial charge on any atom is -0.326 e.